The molecule has 1 aromatic rings. The van der Waals surface area contributed by atoms with Gasteiger partial charge in [-0.2, -0.15) is 0 Å². The van der Waals surface area contributed by atoms with Gasteiger partial charge in [0.05, 0.1) is 11.0 Å². The quantitative estimate of drug-likeness (QED) is 0.611. The second-order valence-electron chi connectivity index (χ2n) is 5.40. The van der Waals surface area contributed by atoms with Crippen LogP contribution in [0.3, 0.4) is 0 Å². The fraction of sp³-hybridized carbons (Fsp3) is 0.353. The maximum atomic E-state index is 12.3. The molecule has 1 saturated heterocycles. The average Bonchev–Trinajstić information content (AvgIpc) is 2.75. The second-order valence-corrected chi connectivity index (χ2v) is 6.39. The molecule has 5 nitrogen and oxygen atoms in total. The fourth-order valence-corrected chi connectivity index (χ4v) is 2.90. The summed E-state index contributed by atoms with van der Waals surface area (Å²) in [6.07, 6.45) is 2.32. The van der Waals surface area contributed by atoms with Crippen molar-refractivity contribution in [2.45, 2.75) is 33.3 Å². The molecule has 0 aliphatic carbocycles. The monoisotopic (exact) mass is 333 g/mol. The number of esters is 1. The second kappa shape index (κ2) is 7.46. The van der Waals surface area contributed by atoms with Gasteiger partial charge in [-0.15, -0.1) is 0 Å². The number of nitrogens with zero attached hydrogens (tertiary/aromatic N) is 1. The van der Waals surface area contributed by atoms with E-state index >= 15 is 0 Å². The zero-order valence-corrected chi connectivity index (χ0v) is 14.2. The van der Waals surface area contributed by atoms with Gasteiger partial charge in [0.25, 0.3) is 11.1 Å². The first-order chi connectivity index (χ1) is 10.9. The van der Waals surface area contributed by atoms with Gasteiger partial charge in [0.1, 0.15) is 6.54 Å². The summed E-state index contributed by atoms with van der Waals surface area (Å²) >= 11 is 0.838. The van der Waals surface area contributed by atoms with Crippen molar-refractivity contribution in [1.29, 1.82) is 0 Å². The Morgan fingerprint density at radius 2 is 1.91 bits per heavy atom. The minimum Gasteiger partial charge on any atom is -0.462 e. The van der Waals surface area contributed by atoms with Crippen LogP contribution in [0.15, 0.2) is 29.2 Å². The molecule has 23 heavy (non-hydrogen) atoms. The van der Waals surface area contributed by atoms with E-state index in [0.29, 0.717) is 4.91 Å². The summed E-state index contributed by atoms with van der Waals surface area (Å²) in [4.78, 5) is 37.1. The van der Waals surface area contributed by atoms with Crippen molar-refractivity contribution in [1.82, 2.24) is 4.90 Å². The van der Waals surface area contributed by atoms with Gasteiger partial charge in [-0.3, -0.25) is 19.3 Å². The third-order valence-corrected chi connectivity index (χ3v) is 4.12. The van der Waals surface area contributed by atoms with Crippen molar-refractivity contribution in [3.05, 3.63) is 40.3 Å². The van der Waals surface area contributed by atoms with Crippen LogP contribution in [0, 0.1) is 0 Å². The zero-order chi connectivity index (χ0) is 17.0. The molecule has 2 rings (SSSR count). The topological polar surface area (TPSA) is 63.7 Å². The number of rotatable bonds is 5. The average molecular weight is 333 g/mol. The summed E-state index contributed by atoms with van der Waals surface area (Å²) in [5, 5.41) is -0.452. The maximum Gasteiger partial charge on any atom is 0.326 e. The molecule has 0 atom stereocenters. The molecule has 0 N–H and O–H groups in total. The predicted molar refractivity (Wildman–Crippen MR) is 89.7 cm³/mol. The number of hydrogen-bond acceptors (Lipinski definition) is 5. The SMILES string of the molecule is CCc1ccc(C=C2SC(=O)N(CC(=O)OC(C)C)C2=O)cc1. The standard InChI is InChI=1S/C17H19NO4S/c1-4-12-5-7-13(8-6-12)9-14-16(20)18(17(21)23-14)10-15(19)22-11(2)3/h5-9,11H,4,10H2,1-3H3. The lowest BCUT2D eigenvalue weighted by Gasteiger charge is -2.13. The van der Waals surface area contributed by atoms with Crippen LogP contribution in [0.4, 0.5) is 4.79 Å². The minimum absolute atomic E-state index is 0.282. The first kappa shape index (κ1) is 17.3. The molecule has 0 radical (unpaired) electrons. The van der Waals surface area contributed by atoms with Crippen LogP contribution in [0.5, 0.6) is 0 Å². The molecule has 1 fully saturated rings. The van der Waals surface area contributed by atoms with Gasteiger partial charge in [-0.05, 0) is 49.2 Å². The molecule has 0 saturated carbocycles. The van der Waals surface area contributed by atoms with E-state index in [9.17, 15) is 14.4 Å². The van der Waals surface area contributed by atoms with Crippen LogP contribution in [0.2, 0.25) is 0 Å². The van der Waals surface area contributed by atoms with E-state index < -0.39 is 17.1 Å². The minimum atomic E-state index is -0.587. The van der Waals surface area contributed by atoms with Crippen LogP contribution in [0.1, 0.15) is 31.9 Å². The molecule has 1 aliphatic rings. The Kier molecular flexibility index (Phi) is 5.60. The zero-order valence-electron chi connectivity index (χ0n) is 13.4. The number of aryl methyl sites for hydroxylation is 1. The highest BCUT2D eigenvalue weighted by Gasteiger charge is 2.36. The van der Waals surface area contributed by atoms with Gasteiger partial charge >= 0.3 is 5.97 Å². The van der Waals surface area contributed by atoms with Gasteiger partial charge < -0.3 is 4.74 Å². The van der Waals surface area contributed by atoms with E-state index in [1.807, 2.05) is 24.3 Å². The molecule has 1 aliphatic heterocycles. The third-order valence-electron chi connectivity index (χ3n) is 3.21. The van der Waals surface area contributed by atoms with Gasteiger partial charge in [0, 0.05) is 0 Å². The summed E-state index contributed by atoms with van der Waals surface area (Å²) in [7, 11) is 0. The van der Waals surface area contributed by atoms with Crippen LogP contribution >= 0.6 is 11.8 Å². The number of carbonyl (C=O) groups is 3. The Hall–Kier alpha value is -2.08. The fourth-order valence-electron chi connectivity index (χ4n) is 2.07. The van der Waals surface area contributed by atoms with Crippen molar-refractivity contribution in [3.8, 4) is 0 Å². The summed E-state index contributed by atoms with van der Waals surface area (Å²) < 4.78 is 4.97. The maximum absolute atomic E-state index is 12.3. The van der Waals surface area contributed by atoms with E-state index in [1.165, 1.54) is 5.56 Å². The highest BCUT2D eigenvalue weighted by Crippen LogP contribution is 2.32. The van der Waals surface area contributed by atoms with Crippen LogP contribution < -0.4 is 0 Å². The number of hydrogen-bond donors (Lipinski definition) is 0. The molecular weight excluding hydrogens is 314 g/mol. The highest BCUT2D eigenvalue weighted by atomic mass is 32.2. The van der Waals surface area contributed by atoms with Gasteiger partial charge in [-0.25, -0.2) is 0 Å². The Morgan fingerprint density at radius 3 is 2.48 bits per heavy atom. The molecule has 2 amide bonds. The Bertz CT molecular complexity index is 649. The number of thioether (sulfide) groups is 1. The number of ether oxygens (including phenoxy) is 1. The Labute approximate surface area is 139 Å². The highest BCUT2D eigenvalue weighted by molar-refractivity contribution is 8.18. The number of carbonyl (C=O) groups excluding carboxylic acids is 3. The van der Waals surface area contributed by atoms with Gasteiger partial charge in [0.15, 0.2) is 0 Å². The summed E-state index contributed by atoms with van der Waals surface area (Å²) in [5.41, 5.74) is 2.05. The van der Waals surface area contributed by atoms with E-state index in [2.05, 4.69) is 6.92 Å². The summed E-state index contributed by atoms with van der Waals surface area (Å²) in [5.74, 6) is -1.05. The number of imide groups is 1. The lowest BCUT2D eigenvalue weighted by molar-refractivity contribution is -0.149. The molecule has 1 heterocycles. The largest absolute Gasteiger partial charge is 0.462 e. The summed E-state index contributed by atoms with van der Waals surface area (Å²) in [6, 6.07) is 7.77. The summed E-state index contributed by atoms with van der Waals surface area (Å²) in [6.45, 7) is 5.14. The first-order valence-corrected chi connectivity index (χ1v) is 8.26. The molecular formula is C17H19NO4S. The van der Waals surface area contributed by atoms with E-state index in [1.54, 1.807) is 19.9 Å². The lowest BCUT2D eigenvalue weighted by atomic mass is 10.1. The van der Waals surface area contributed by atoms with Crippen LogP contribution in [-0.2, 0) is 20.7 Å². The lowest BCUT2D eigenvalue weighted by Crippen LogP contribution is -2.35. The normalized spacial score (nSPS) is 16.5. The molecule has 1 aromatic carbocycles. The Balaban J connectivity index is 2.10. The smallest absolute Gasteiger partial charge is 0.326 e. The van der Waals surface area contributed by atoms with Gasteiger partial charge in [-0.1, -0.05) is 31.2 Å². The van der Waals surface area contributed by atoms with Crippen molar-refractivity contribution < 1.29 is 19.1 Å². The van der Waals surface area contributed by atoms with E-state index in [4.69, 9.17) is 4.74 Å². The number of amides is 2. The van der Waals surface area contributed by atoms with E-state index in [-0.39, 0.29) is 12.6 Å². The first-order valence-electron chi connectivity index (χ1n) is 7.44. The third kappa shape index (κ3) is 4.45. The van der Waals surface area contributed by atoms with Crippen molar-refractivity contribution in [2.24, 2.45) is 0 Å². The molecule has 0 aromatic heterocycles. The Morgan fingerprint density at radius 1 is 1.26 bits per heavy atom. The van der Waals surface area contributed by atoms with Crippen molar-refractivity contribution in [3.63, 3.8) is 0 Å². The van der Waals surface area contributed by atoms with Gasteiger partial charge in [0.2, 0.25) is 0 Å². The predicted octanol–water partition coefficient (Wildman–Crippen LogP) is 3.24. The molecule has 122 valence electrons. The molecule has 0 unspecified atom stereocenters. The van der Waals surface area contributed by atoms with E-state index in [0.717, 1.165) is 28.6 Å². The molecule has 0 spiro atoms. The number of benzene rings is 1. The van der Waals surface area contributed by atoms with Crippen LogP contribution in [0.25, 0.3) is 6.08 Å². The van der Waals surface area contributed by atoms with Crippen molar-refractivity contribution in [2.75, 3.05) is 6.54 Å². The van der Waals surface area contributed by atoms with Crippen LogP contribution in [-0.4, -0.2) is 34.7 Å². The van der Waals surface area contributed by atoms with Crippen molar-refractivity contribution >= 4 is 35.0 Å². The molecule has 0 bridgehead atoms. The molecule has 6 heteroatoms.